The summed E-state index contributed by atoms with van der Waals surface area (Å²) in [4.78, 5) is 14.4. The highest BCUT2D eigenvalue weighted by atomic mass is 19.4. The van der Waals surface area contributed by atoms with E-state index in [2.05, 4.69) is 14.8 Å². The lowest BCUT2D eigenvalue weighted by Crippen LogP contribution is -2.29. The molecule has 5 nitrogen and oxygen atoms in total. The van der Waals surface area contributed by atoms with Crippen LogP contribution < -0.4 is 10.6 Å². The summed E-state index contributed by atoms with van der Waals surface area (Å²) in [5.41, 5.74) is 5.18. The molecule has 1 aliphatic carbocycles. The van der Waals surface area contributed by atoms with Gasteiger partial charge in [0.1, 0.15) is 11.6 Å². The van der Waals surface area contributed by atoms with Gasteiger partial charge >= 0.3 is 6.18 Å². The average molecular weight is 507 g/mol. The fraction of sp³-hybridized carbons (Fsp3) is 0.222. The van der Waals surface area contributed by atoms with Gasteiger partial charge in [-0.05, 0) is 47.7 Å². The summed E-state index contributed by atoms with van der Waals surface area (Å²) in [6.07, 6.45) is -4.77. The zero-order valence-corrected chi connectivity index (χ0v) is 19.1. The number of alkyl halides is 3. The van der Waals surface area contributed by atoms with E-state index in [1.807, 2.05) is 4.90 Å². The number of fused-ring (bicyclic) bond motifs is 2. The van der Waals surface area contributed by atoms with E-state index in [4.69, 9.17) is 12.3 Å². The number of hydrogen-bond donors (Lipinski definition) is 1. The third kappa shape index (κ3) is 3.86. The molecule has 37 heavy (non-hydrogen) atoms. The Hall–Kier alpha value is -4.10. The van der Waals surface area contributed by atoms with Gasteiger partial charge in [0.25, 0.3) is 0 Å². The van der Waals surface area contributed by atoms with Crippen molar-refractivity contribution in [3.05, 3.63) is 83.2 Å². The summed E-state index contributed by atoms with van der Waals surface area (Å²) >= 11 is 0. The van der Waals surface area contributed by atoms with Crippen molar-refractivity contribution in [3.8, 4) is 22.4 Å². The topological polar surface area (TPSA) is 59.4 Å². The van der Waals surface area contributed by atoms with Crippen LogP contribution in [-0.2, 0) is 6.18 Å². The molecule has 1 aliphatic heterocycles. The van der Waals surface area contributed by atoms with Gasteiger partial charge in [0.15, 0.2) is 0 Å². The average Bonchev–Trinajstić information content (AvgIpc) is 3.25. The number of piperidine rings is 1. The van der Waals surface area contributed by atoms with Crippen LogP contribution in [0.25, 0.3) is 38.1 Å². The Labute approximate surface area is 208 Å². The first kappa shape index (κ1) is 23.3. The van der Waals surface area contributed by atoms with Gasteiger partial charge in [-0.25, -0.2) is 23.6 Å². The van der Waals surface area contributed by atoms with E-state index in [0.717, 1.165) is 24.3 Å². The Balaban J connectivity index is 1.56. The Bertz CT molecular complexity index is 1600. The van der Waals surface area contributed by atoms with Crippen LogP contribution in [0.4, 0.5) is 33.6 Å². The molecule has 6 rings (SSSR count). The first-order valence-electron chi connectivity index (χ1n) is 11.5. The third-order valence-corrected chi connectivity index (χ3v) is 7.18. The van der Waals surface area contributed by atoms with E-state index < -0.39 is 28.9 Å². The van der Waals surface area contributed by atoms with Gasteiger partial charge in [0.2, 0.25) is 11.6 Å². The van der Waals surface area contributed by atoms with Crippen molar-refractivity contribution in [2.24, 2.45) is 17.6 Å². The smallest absolute Gasteiger partial charge is 0.340 e. The minimum Gasteiger partial charge on any atom is -0.340 e. The van der Waals surface area contributed by atoms with E-state index in [-0.39, 0.29) is 23.0 Å². The summed E-state index contributed by atoms with van der Waals surface area (Å²) in [5.74, 6) is -0.678. The van der Waals surface area contributed by atoms with Gasteiger partial charge in [-0.2, -0.15) is 13.2 Å². The van der Waals surface area contributed by atoms with Crippen LogP contribution in [0.1, 0.15) is 5.56 Å². The molecule has 0 bridgehead atoms. The van der Waals surface area contributed by atoms with Crippen molar-refractivity contribution in [2.45, 2.75) is 12.2 Å². The van der Waals surface area contributed by atoms with Crippen LogP contribution in [-0.4, -0.2) is 29.1 Å². The highest BCUT2D eigenvalue weighted by Crippen LogP contribution is 2.45. The SMILES string of the molecule is [C-]#[N+]c1ccc(-c2nc(N3CC4C(N)C4C3)nc3ccc(-c4c(F)cccc4C(F)(F)F)cc23)cc1F. The maximum Gasteiger partial charge on any atom is 0.417 e. The highest BCUT2D eigenvalue weighted by molar-refractivity contribution is 5.96. The molecule has 2 fully saturated rings. The van der Waals surface area contributed by atoms with Gasteiger partial charge in [0, 0.05) is 35.6 Å². The maximum absolute atomic E-state index is 14.7. The Morgan fingerprint density at radius 3 is 2.32 bits per heavy atom. The lowest BCUT2D eigenvalue weighted by atomic mass is 9.96. The molecule has 2 aliphatic rings. The number of rotatable bonds is 3. The van der Waals surface area contributed by atoms with Gasteiger partial charge in [0.05, 0.1) is 23.3 Å². The minimum absolute atomic E-state index is 0.0119. The molecule has 0 radical (unpaired) electrons. The second kappa shape index (κ2) is 8.21. The summed E-state index contributed by atoms with van der Waals surface area (Å²) in [5, 5.41) is 0.327. The third-order valence-electron chi connectivity index (χ3n) is 7.18. The number of nitrogens with two attached hydrogens (primary N) is 1. The lowest BCUT2D eigenvalue weighted by Gasteiger charge is -2.21. The zero-order chi connectivity index (χ0) is 26.1. The number of anilines is 1. The first-order valence-corrected chi connectivity index (χ1v) is 11.5. The number of hydrogen-bond acceptors (Lipinski definition) is 4. The molecule has 1 saturated heterocycles. The molecule has 1 aromatic heterocycles. The van der Waals surface area contributed by atoms with Crippen LogP contribution in [0.5, 0.6) is 0 Å². The quantitative estimate of drug-likeness (QED) is 0.265. The van der Waals surface area contributed by atoms with Gasteiger partial charge < -0.3 is 10.6 Å². The molecule has 10 heteroatoms. The molecule has 2 heterocycles. The van der Waals surface area contributed by atoms with Crippen molar-refractivity contribution >= 4 is 22.5 Å². The molecule has 4 aromatic rings. The van der Waals surface area contributed by atoms with E-state index in [1.165, 1.54) is 30.3 Å². The maximum atomic E-state index is 14.7. The van der Waals surface area contributed by atoms with E-state index in [1.54, 1.807) is 0 Å². The van der Waals surface area contributed by atoms with Crippen molar-refractivity contribution in [1.82, 2.24) is 9.97 Å². The molecule has 3 aromatic carbocycles. The van der Waals surface area contributed by atoms with Crippen molar-refractivity contribution in [2.75, 3.05) is 18.0 Å². The summed E-state index contributed by atoms with van der Waals surface area (Å²) in [7, 11) is 0. The standard InChI is InChI=1S/C27H18F5N5/c1-34-22-8-6-14(10-20(22)29)25-15-9-13(23-18(27(30,31)32)3-2-4-19(23)28)5-7-21(15)35-26(36-25)37-11-16-17(12-37)24(16)33/h2-10,16-17,24H,11-12,33H2. The predicted molar refractivity (Wildman–Crippen MR) is 129 cm³/mol. The zero-order valence-electron chi connectivity index (χ0n) is 19.1. The second-order valence-corrected chi connectivity index (χ2v) is 9.35. The molecule has 2 N–H and O–H groups in total. The summed E-state index contributed by atoms with van der Waals surface area (Å²) in [6, 6.07) is 11.2. The van der Waals surface area contributed by atoms with Gasteiger partial charge in [-0.3, -0.25) is 0 Å². The van der Waals surface area contributed by atoms with E-state index in [0.29, 0.717) is 47.3 Å². The number of nitrogens with zero attached hydrogens (tertiary/aromatic N) is 4. The van der Waals surface area contributed by atoms with Crippen molar-refractivity contribution < 1.29 is 22.0 Å². The predicted octanol–water partition coefficient (Wildman–Crippen LogP) is 6.20. The van der Waals surface area contributed by atoms with Crippen molar-refractivity contribution in [3.63, 3.8) is 0 Å². The minimum atomic E-state index is -4.77. The molecular weight excluding hydrogens is 489 g/mol. The molecule has 2 atom stereocenters. The molecule has 186 valence electrons. The first-order chi connectivity index (χ1) is 17.7. The van der Waals surface area contributed by atoms with Crippen LogP contribution in [0.15, 0.2) is 54.6 Å². The molecule has 0 spiro atoms. The van der Waals surface area contributed by atoms with E-state index in [9.17, 15) is 22.0 Å². The van der Waals surface area contributed by atoms with Crippen LogP contribution in [0.2, 0.25) is 0 Å². The largest absolute Gasteiger partial charge is 0.417 e. The highest BCUT2D eigenvalue weighted by Gasteiger charge is 2.54. The fourth-order valence-electron chi connectivity index (χ4n) is 5.17. The van der Waals surface area contributed by atoms with Crippen LogP contribution in [0.3, 0.4) is 0 Å². The Kier molecular flexibility index (Phi) is 5.17. The number of aromatic nitrogens is 2. The summed E-state index contributed by atoms with van der Waals surface area (Å²) < 4.78 is 70.4. The fourth-order valence-corrected chi connectivity index (χ4v) is 5.17. The normalized spacial score (nSPS) is 20.7. The molecule has 0 amide bonds. The van der Waals surface area contributed by atoms with Gasteiger partial charge in [-0.1, -0.05) is 24.3 Å². The van der Waals surface area contributed by atoms with Crippen molar-refractivity contribution in [1.29, 1.82) is 0 Å². The van der Waals surface area contributed by atoms with Crippen LogP contribution >= 0.6 is 0 Å². The molecule has 2 unspecified atom stereocenters. The number of halogens is 5. The molecule has 1 saturated carbocycles. The second-order valence-electron chi connectivity index (χ2n) is 9.35. The lowest BCUT2D eigenvalue weighted by molar-refractivity contribution is -0.137. The molecular formula is C27H18F5N5. The number of benzene rings is 3. The van der Waals surface area contributed by atoms with Gasteiger partial charge in [-0.15, -0.1) is 0 Å². The van der Waals surface area contributed by atoms with Crippen LogP contribution in [0, 0.1) is 30.0 Å². The monoisotopic (exact) mass is 507 g/mol. The Morgan fingerprint density at radius 1 is 0.919 bits per heavy atom. The van der Waals surface area contributed by atoms with E-state index >= 15 is 0 Å². The Morgan fingerprint density at radius 2 is 1.65 bits per heavy atom. The summed E-state index contributed by atoms with van der Waals surface area (Å²) in [6.45, 7) is 8.45.